The van der Waals surface area contributed by atoms with Crippen LogP contribution in [0.5, 0.6) is 0 Å². The van der Waals surface area contributed by atoms with Crippen molar-refractivity contribution in [2.75, 3.05) is 0 Å². The third-order valence-electron chi connectivity index (χ3n) is 0.565. The van der Waals surface area contributed by atoms with E-state index in [0.717, 1.165) is 0 Å². The van der Waals surface area contributed by atoms with Crippen molar-refractivity contribution in [1.29, 1.82) is 0 Å². The molecule has 0 aromatic carbocycles. The van der Waals surface area contributed by atoms with Crippen LogP contribution in [0.2, 0.25) is 0 Å². The summed E-state index contributed by atoms with van der Waals surface area (Å²) in [5, 5.41) is 0. The normalized spacial score (nSPS) is 9.29. The van der Waals surface area contributed by atoms with Crippen molar-refractivity contribution in [1.82, 2.24) is 0 Å². The van der Waals surface area contributed by atoms with Crippen LogP contribution in [0, 0.1) is 6.92 Å². The molecule has 3 heteroatoms. The summed E-state index contributed by atoms with van der Waals surface area (Å²) < 4.78 is 8.60. The lowest BCUT2D eigenvalue weighted by Crippen LogP contribution is -1.84. The Bertz CT molecular complexity index is 195. The second-order valence-electron chi connectivity index (χ2n) is 1.20. The van der Waals surface area contributed by atoms with E-state index >= 15 is 0 Å². The summed E-state index contributed by atoms with van der Waals surface area (Å²) in [6.45, 7) is 1.64. The van der Waals surface area contributed by atoms with Crippen LogP contribution < -0.4 is 5.82 Å². The molecule has 0 aliphatic heterocycles. The lowest BCUT2D eigenvalue weighted by Gasteiger charge is -1.63. The summed E-state index contributed by atoms with van der Waals surface area (Å²) in [4.78, 5) is 9.96. The fraction of sp³-hybridized carbons (Fsp3) is 0.250. The molecule has 0 saturated heterocycles. The minimum atomic E-state index is -0.641. The van der Waals surface area contributed by atoms with E-state index in [9.17, 15) is 4.79 Å². The molecular weight excluding hydrogens is 96.0 g/mol. The van der Waals surface area contributed by atoms with E-state index in [-0.39, 0.29) is 0 Å². The molecule has 7 heavy (non-hydrogen) atoms. The fourth-order valence-electron chi connectivity index (χ4n) is 0.311. The Labute approximate surface area is 39.6 Å². The van der Waals surface area contributed by atoms with Gasteiger partial charge in [0, 0.05) is 0 Å². The second-order valence-corrected chi connectivity index (χ2v) is 1.20. The van der Waals surface area contributed by atoms with Gasteiger partial charge in [-0.15, -0.1) is 0 Å². The first-order valence-electron chi connectivity index (χ1n) is 1.84. The fourth-order valence-corrected chi connectivity index (χ4v) is 0.311. The summed E-state index contributed by atoms with van der Waals surface area (Å²) in [6.07, 6.45) is 1.27. The molecule has 1 heterocycles. The Morgan fingerprint density at radius 1 is 1.71 bits per heavy atom. The van der Waals surface area contributed by atoms with Gasteiger partial charge in [-0.2, -0.15) is 0 Å². The summed E-state index contributed by atoms with van der Waals surface area (Å²) in [5.74, 6) is -0.137. The van der Waals surface area contributed by atoms with E-state index in [4.69, 9.17) is 0 Å². The zero-order valence-electron chi connectivity index (χ0n) is 3.80. The Morgan fingerprint density at radius 2 is 2.43 bits per heavy atom. The molecule has 0 unspecified atom stereocenters. The molecule has 0 bridgehead atoms. The molecule has 1 rings (SSSR count). The maximum Gasteiger partial charge on any atom is 0.518 e. The molecule has 38 valence electrons. The van der Waals surface area contributed by atoms with Gasteiger partial charge in [-0.25, -0.2) is 4.79 Å². The van der Waals surface area contributed by atoms with Gasteiger partial charge < -0.3 is 8.83 Å². The Kier molecular flexibility index (Phi) is 0.749. The van der Waals surface area contributed by atoms with Crippen LogP contribution in [-0.4, -0.2) is 0 Å². The van der Waals surface area contributed by atoms with Crippen LogP contribution >= 0.6 is 0 Å². The maximum absolute atomic E-state index is 9.96. The van der Waals surface area contributed by atoms with Gasteiger partial charge in [0.05, 0.1) is 0 Å². The quantitative estimate of drug-likeness (QED) is 0.478. The Balaban J connectivity index is 3.30. The lowest BCUT2D eigenvalue weighted by atomic mass is 10.6. The van der Waals surface area contributed by atoms with E-state index in [1.54, 1.807) is 6.92 Å². The van der Waals surface area contributed by atoms with Gasteiger partial charge in [-0.1, -0.05) is 0 Å². The highest BCUT2D eigenvalue weighted by Gasteiger charge is 1.88. The monoisotopic (exact) mass is 100 g/mol. The Hall–Kier alpha value is -0.990. The van der Waals surface area contributed by atoms with Crippen molar-refractivity contribution in [3.8, 4) is 0 Å². The lowest BCUT2D eigenvalue weighted by molar-refractivity contribution is 0.378. The van der Waals surface area contributed by atoms with Gasteiger partial charge in [0.15, 0.2) is 0 Å². The SMILES string of the molecule is Cc1coc(=O)o1. The maximum atomic E-state index is 9.96. The molecule has 0 N–H and O–H groups in total. The largest absolute Gasteiger partial charge is 0.518 e. The average molecular weight is 100 g/mol. The highest BCUT2D eigenvalue weighted by Crippen LogP contribution is 1.87. The van der Waals surface area contributed by atoms with Crippen LogP contribution in [0.4, 0.5) is 0 Å². The van der Waals surface area contributed by atoms with E-state index in [1.807, 2.05) is 0 Å². The van der Waals surface area contributed by atoms with Gasteiger partial charge >= 0.3 is 5.82 Å². The topological polar surface area (TPSA) is 43.4 Å². The van der Waals surface area contributed by atoms with Crippen molar-refractivity contribution < 1.29 is 8.83 Å². The van der Waals surface area contributed by atoms with Crippen LogP contribution in [0.3, 0.4) is 0 Å². The van der Waals surface area contributed by atoms with Gasteiger partial charge in [0.1, 0.15) is 12.0 Å². The highest BCUT2D eigenvalue weighted by molar-refractivity contribution is 4.77. The molecule has 0 aliphatic carbocycles. The highest BCUT2D eigenvalue weighted by atomic mass is 16.6. The van der Waals surface area contributed by atoms with Crippen molar-refractivity contribution >= 4 is 0 Å². The molecule has 0 atom stereocenters. The van der Waals surface area contributed by atoms with E-state index in [1.165, 1.54) is 6.26 Å². The molecule has 0 radical (unpaired) electrons. The third kappa shape index (κ3) is 0.707. The minimum Gasteiger partial charge on any atom is -0.399 e. The standard InChI is InChI=1S/C4H4O3/c1-3-2-6-4(5)7-3/h2H,1H3. The predicted molar refractivity (Wildman–Crippen MR) is 22.0 cm³/mol. The number of aryl methyl sites for hydroxylation is 1. The van der Waals surface area contributed by atoms with Gasteiger partial charge in [-0.05, 0) is 6.92 Å². The van der Waals surface area contributed by atoms with Gasteiger partial charge in [-0.3, -0.25) is 0 Å². The molecule has 0 fully saturated rings. The van der Waals surface area contributed by atoms with E-state index < -0.39 is 5.82 Å². The zero-order valence-corrected chi connectivity index (χ0v) is 3.80. The molecule has 1 aromatic rings. The summed E-state index contributed by atoms with van der Waals surface area (Å²) >= 11 is 0. The first-order valence-corrected chi connectivity index (χ1v) is 1.84. The second kappa shape index (κ2) is 1.26. The smallest absolute Gasteiger partial charge is 0.399 e. The van der Waals surface area contributed by atoms with Gasteiger partial charge in [0.2, 0.25) is 0 Å². The summed E-state index contributed by atoms with van der Waals surface area (Å²) in [7, 11) is 0. The van der Waals surface area contributed by atoms with E-state index in [2.05, 4.69) is 8.83 Å². The molecule has 0 aliphatic rings. The molecule has 0 saturated carbocycles. The van der Waals surface area contributed by atoms with Gasteiger partial charge in [0.25, 0.3) is 0 Å². The number of hydrogen-bond donors (Lipinski definition) is 0. The molecule has 1 aromatic heterocycles. The minimum absolute atomic E-state index is 0.505. The number of hydrogen-bond acceptors (Lipinski definition) is 3. The first-order chi connectivity index (χ1) is 3.29. The van der Waals surface area contributed by atoms with E-state index in [0.29, 0.717) is 5.76 Å². The van der Waals surface area contributed by atoms with Crippen molar-refractivity contribution in [3.63, 3.8) is 0 Å². The van der Waals surface area contributed by atoms with Crippen molar-refractivity contribution in [2.24, 2.45) is 0 Å². The molecular formula is C4H4O3. The number of rotatable bonds is 0. The van der Waals surface area contributed by atoms with Crippen LogP contribution in [-0.2, 0) is 0 Å². The molecule has 0 amide bonds. The zero-order chi connectivity index (χ0) is 5.28. The first kappa shape index (κ1) is 4.18. The van der Waals surface area contributed by atoms with Crippen LogP contribution in [0.25, 0.3) is 0 Å². The average Bonchev–Trinajstić information content (AvgIpc) is 1.87. The third-order valence-corrected chi connectivity index (χ3v) is 0.565. The van der Waals surface area contributed by atoms with Crippen molar-refractivity contribution in [2.45, 2.75) is 6.92 Å². The Morgan fingerprint density at radius 3 is 2.57 bits per heavy atom. The molecule has 3 nitrogen and oxygen atoms in total. The van der Waals surface area contributed by atoms with Crippen LogP contribution in [0.15, 0.2) is 19.9 Å². The predicted octanol–water partition coefficient (Wildman–Crippen LogP) is 0.541. The molecule has 0 spiro atoms. The van der Waals surface area contributed by atoms with Crippen LogP contribution in [0.1, 0.15) is 5.76 Å². The summed E-state index contributed by atoms with van der Waals surface area (Å²) in [6, 6.07) is 0. The summed E-state index contributed by atoms with van der Waals surface area (Å²) in [5.41, 5.74) is 0. The van der Waals surface area contributed by atoms with Crippen molar-refractivity contribution in [3.05, 3.63) is 22.6 Å².